The first kappa shape index (κ1) is 21.2. The second kappa shape index (κ2) is 7.96. The van der Waals surface area contributed by atoms with Crippen LogP contribution in [0.1, 0.15) is 38.3 Å². The van der Waals surface area contributed by atoms with Crippen LogP contribution in [0.25, 0.3) is 64.5 Å². The van der Waals surface area contributed by atoms with Gasteiger partial charge in [-0.15, -0.1) is 11.3 Å². The van der Waals surface area contributed by atoms with Crippen LogP contribution < -0.4 is 0 Å². The van der Waals surface area contributed by atoms with E-state index in [4.69, 9.17) is 4.98 Å². The number of aryl methyl sites for hydroxylation is 1. The zero-order chi connectivity index (χ0) is 24.4. The molecule has 0 fully saturated rings. The Bertz CT molecular complexity index is 1920. The third-order valence-corrected chi connectivity index (χ3v) is 8.00. The van der Waals surface area contributed by atoms with Crippen LogP contribution in [0.2, 0.25) is 0 Å². The predicted octanol–water partition coefficient (Wildman–Crippen LogP) is 7.62. The molecule has 7 rings (SSSR count). The van der Waals surface area contributed by atoms with E-state index in [2.05, 4.69) is 88.2 Å². The molecule has 7 aromatic rings. The summed E-state index contributed by atoms with van der Waals surface area (Å²) in [5, 5.41) is 4.53. The van der Waals surface area contributed by atoms with E-state index in [0.29, 0.717) is 5.92 Å². The van der Waals surface area contributed by atoms with Gasteiger partial charge in [-0.05, 0) is 40.1 Å². The summed E-state index contributed by atoms with van der Waals surface area (Å²) in [5.41, 5.74) is 6.27. The molecule has 0 radical (unpaired) electrons. The number of aromatic amines is 2. The number of hydrogen-bond acceptors (Lipinski definition) is 5. The molecule has 0 aliphatic carbocycles. The molecule has 7 heteroatoms. The van der Waals surface area contributed by atoms with Gasteiger partial charge in [0.2, 0.25) is 0 Å². The summed E-state index contributed by atoms with van der Waals surface area (Å²) in [6, 6.07) is 15.6. The molecule has 0 bridgehead atoms. The van der Waals surface area contributed by atoms with E-state index < -0.39 is 0 Å². The minimum Gasteiger partial charge on any atom is -0.341 e. The van der Waals surface area contributed by atoms with Gasteiger partial charge in [0.05, 0.1) is 22.3 Å². The summed E-state index contributed by atoms with van der Waals surface area (Å²) in [4.78, 5) is 26.5. The lowest BCUT2D eigenvalue weighted by atomic mass is 9.98. The number of H-pyrrole nitrogens is 2. The largest absolute Gasteiger partial charge is 0.341 e. The van der Waals surface area contributed by atoms with Gasteiger partial charge in [-0.1, -0.05) is 45.0 Å². The van der Waals surface area contributed by atoms with E-state index >= 15 is 0 Å². The highest BCUT2D eigenvalue weighted by Gasteiger charge is 2.16. The first-order valence-corrected chi connectivity index (χ1v) is 13.0. The lowest BCUT2D eigenvalue weighted by Crippen LogP contribution is -1.88. The van der Waals surface area contributed by atoms with E-state index in [1.54, 1.807) is 17.7 Å². The molecule has 6 nitrogen and oxygen atoms in total. The van der Waals surface area contributed by atoms with Gasteiger partial charge in [0, 0.05) is 34.0 Å². The second-order valence-electron chi connectivity index (χ2n) is 9.51. The zero-order valence-electron chi connectivity index (χ0n) is 20.3. The normalized spacial score (nSPS) is 12.1. The SMILES string of the molecule is CCc1ncc(-c2cc3ccc(-c4ccc5c(c4)c4cncnc4c4nc(C(C)C)[nH]c54)cc3s2)[nH]1. The standard InChI is InChI=1S/C29H24N6S/c1-4-25-31-13-22(33-25)24-11-18-6-5-17(10-23(18)36-24)16-7-8-19-20(9-16)21-12-30-14-32-26(21)28-27(19)34-29(35-28)15(2)3/h5-15H,4H2,1-3H3,(H,31,33)(H,34,35). The zero-order valence-corrected chi connectivity index (χ0v) is 21.1. The van der Waals surface area contributed by atoms with Crippen molar-refractivity contribution in [3.8, 4) is 21.7 Å². The maximum atomic E-state index is 4.89. The fourth-order valence-corrected chi connectivity index (χ4v) is 5.99. The fourth-order valence-electron chi connectivity index (χ4n) is 4.92. The molecule has 4 heterocycles. The maximum Gasteiger partial charge on any atom is 0.116 e. The summed E-state index contributed by atoms with van der Waals surface area (Å²) in [5.74, 6) is 2.30. The average molecular weight is 489 g/mol. The predicted molar refractivity (Wildman–Crippen MR) is 149 cm³/mol. The number of hydrogen-bond donors (Lipinski definition) is 2. The van der Waals surface area contributed by atoms with E-state index in [0.717, 1.165) is 56.5 Å². The first-order chi connectivity index (χ1) is 17.6. The Hall–Kier alpha value is -4.10. The van der Waals surface area contributed by atoms with Gasteiger partial charge < -0.3 is 9.97 Å². The molecule has 0 spiro atoms. The highest BCUT2D eigenvalue weighted by atomic mass is 32.1. The van der Waals surface area contributed by atoms with Gasteiger partial charge in [-0.2, -0.15) is 0 Å². The Morgan fingerprint density at radius 3 is 2.56 bits per heavy atom. The van der Waals surface area contributed by atoms with Crippen molar-refractivity contribution in [3.63, 3.8) is 0 Å². The molecule has 0 atom stereocenters. The van der Waals surface area contributed by atoms with Crippen LogP contribution in [-0.4, -0.2) is 29.9 Å². The number of imidazole rings is 2. The Kier molecular flexibility index (Phi) is 4.69. The molecule has 36 heavy (non-hydrogen) atoms. The molecular formula is C29H24N6S. The van der Waals surface area contributed by atoms with Gasteiger partial charge in [-0.25, -0.2) is 19.9 Å². The lowest BCUT2D eigenvalue weighted by molar-refractivity contribution is 0.799. The number of thiophene rings is 1. The maximum absolute atomic E-state index is 4.89. The number of benzene rings is 3. The van der Waals surface area contributed by atoms with E-state index in [9.17, 15) is 0 Å². The summed E-state index contributed by atoms with van der Waals surface area (Å²) < 4.78 is 1.26. The molecule has 0 amide bonds. The smallest absolute Gasteiger partial charge is 0.116 e. The van der Waals surface area contributed by atoms with Gasteiger partial charge in [-0.3, -0.25) is 0 Å². The van der Waals surface area contributed by atoms with Gasteiger partial charge in [0.15, 0.2) is 0 Å². The van der Waals surface area contributed by atoms with Crippen LogP contribution >= 0.6 is 11.3 Å². The topological polar surface area (TPSA) is 83.1 Å². The Balaban J connectivity index is 1.40. The molecule has 3 aromatic carbocycles. The summed E-state index contributed by atoms with van der Waals surface area (Å²) in [6.45, 7) is 6.41. The highest BCUT2D eigenvalue weighted by molar-refractivity contribution is 7.22. The number of aromatic nitrogens is 6. The molecule has 0 aliphatic heterocycles. The van der Waals surface area contributed by atoms with Crippen molar-refractivity contribution in [1.82, 2.24) is 29.9 Å². The fraction of sp³-hybridized carbons (Fsp3) is 0.172. The lowest BCUT2D eigenvalue weighted by Gasteiger charge is -2.08. The molecular weight excluding hydrogens is 464 g/mol. The number of nitrogens with zero attached hydrogens (tertiary/aromatic N) is 4. The molecule has 0 saturated carbocycles. The van der Waals surface area contributed by atoms with Crippen LogP contribution in [0.4, 0.5) is 0 Å². The van der Waals surface area contributed by atoms with Crippen molar-refractivity contribution in [3.05, 3.63) is 72.8 Å². The van der Waals surface area contributed by atoms with E-state index in [-0.39, 0.29) is 0 Å². The van der Waals surface area contributed by atoms with Gasteiger partial charge in [0.25, 0.3) is 0 Å². The molecule has 0 saturated heterocycles. The number of rotatable bonds is 4. The quantitative estimate of drug-likeness (QED) is 0.250. The molecule has 176 valence electrons. The van der Waals surface area contributed by atoms with Crippen molar-refractivity contribution in [2.24, 2.45) is 0 Å². The third kappa shape index (κ3) is 3.23. The van der Waals surface area contributed by atoms with Crippen LogP contribution in [0.5, 0.6) is 0 Å². The summed E-state index contributed by atoms with van der Waals surface area (Å²) in [7, 11) is 0. The van der Waals surface area contributed by atoms with Crippen molar-refractivity contribution < 1.29 is 0 Å². The van der Waals surface area contributed by atoms with E-state index in [1.807, 2.05) is 12.4 Å². The third-order valence-electron chi connectivity index (χ3n) is 6.87. The molecule has 0 aliphatic rings. The monoisotopic (exact) mass is 488 g/mol. The first-order valence-electron chi connectivity index (χ1n) is 12.2. The Labute approximate surface area is 211 Å². The van der Waals surface area contributed by atoms with Crippen molar-refractivity contribution >= 4 is 54.1 Å². The Morgan fingerprint density at radius 1 is 0.861 bits per heavy atom. The van der Waals surface area contributed by atoms with E-state index in [1.165, 1.54) is 26.1 Å². The highest BCUT2D eigenvalue weighted by Crippen LogP contribution is 2.38. The average Bonchev–Trinajstić information content (AvgIpc) is 3.66. The summed E-state index contributed by atoms with van der Waals surface area (Å²) in [6.07, 6.45) is 6.34. The number of nitrogens with one attached hydrogen (secondary N) is 2. The van der Waals surface area contributed by atoms with Gasteiger partial charge >= 0.3 is 0 Å². The van der Waals surface area contributed by atoms with Gasteiger partial charge in [0.1, 0.15) is 29.0 Å². The minimum atomic E-state index is 0.307. The minimum absolute atomic E-state index is 0.307. The Morgan fingerprint density at radius 2 is 1.72 bits per heavy atom. The van der Waals surface area contributed by atoms with Crippen molar-refractivity contribution in [1.29, 1.82) is 0 Å². The molecule has 4 aromatic heterocycles. The van der Waals surface area contributed by atoms with Crippen molar-refractivity contribution in [2.45, 2.75) is 33.1 Å². The second-order valence-corrected chi connectivity index (χ2v) is 10.6. The van der Waals surface area contributed by atoms with Crippen molar-refractivity contribution in [2.75, 3.05) is 0 Å². The number of fused-ring (bicyclic) bond motifs is 7. The van der Waals surface area contributed by atoms with Crippen LogP contribution in [-0.2, 0) is 6.42 Å². The summed E-state index contributed by atoms with van der Waals surface area (Å²) >= 11 is 1.79. The molecule has 0 unspecified atom stereocenters. The van der Waals surface area contributed by atoms with Crippen LogP contribution in [0, 0.1) is 0 Å². The van der Waals surface area contributed by atoms with Crippen LogP contribution in [0.15, 0.2) is 61.2 Å². The molecule has 2 N–H and O–H groups in total. The van der Waals surface area contributed by atoms with Crippen LogP contribution in [0.3, 0.4) is 0 Å².